The standard InChI is InChI=1S/C34H46N2O7/c1-22(2)12-17-42-28-11-8-25(21-29(28)40-6)31-30(32(37)26-9-10-27(24(5)20-26)43-23(3)4)33(38)34(39)36(31)14-7-13-35-15-18-41-19-16-35/h8-11,20-23,31,37H,7,12-19H2,1-6H3/b32-30+. The number of nitrogens with zero attached hydrogens (tertiary/aromatic N) is 2. The summed E-state index contributed by atoms with van der Waals surface area (Å²) in [6.45, 7) is 14.8. The Bertz CT molecular complexity index is 1310. The molecule has 43 heavy (non-hydrogen) atoms. The number of amides is 1. The Hall–Kier alpha value is -3.56. The highest BCUT2D eigenvalue weighted by atomic mass is 16.5. The number of ether oxygens (including phenoxy) is 4. The minimum absolute atomic E-state index is 0.00626. The third-order valence-corrected chi connectivity index (χ3v) is 7.78. The van der Waals surface area contributed by atoms with E-state index in [0.717, 1.165) is 31.6 Å². The highest BCUT2D eigenvalue weighted by molar-refractivity contribution is 6.46. The van der Waals surface area contributed by atoms with Crippen molar-refractivity contribution in [2.75, 3.05) is 53.1 Å². The van der Waals surface area contributed by atoms with Gasteiger partial charge in [0.2, 0.25) is 0 Å². The fourth-order valence-electron chi connectivity index (χ4n) is 5.46. The third-order valence-electron chi connectivity index (χ3n) is 7.78. The number of Topliss-reactive ketones (excluding diaryl/α,β-unsaturated/α-hetero) is 1. The summed E-state index contributed by atoms with van der Waals surface area (Å²) in [5, 5.41) is 11.6. The molecular formula is C34H46N2O7. The Labute approximate surface area is 255 Å². The summed E-state index contributed by atoms with van der Waals surface area (Å²) in [5.41, 5.74) is 1.99. The van der Waals surface area contributed by atoms with Gasteiger partial charge >= 0.3 is 0 Å². The summed E-state index contributed by atoms with van der Waals surface area (Å²) in [6, 6.07) is 9.95. The van der Waals surface area contributed by atoms with Crippen LogP contribution >= 0.6 is 0 Å². The number of ketones is 1. The second-order valence-corrected chi connectivity index (χ2v) is 11.9. The van der Waals surface area contributed by atoms with Gasteiger partial charge in [0, 0.05) is 31.7 Å². The number of hydrogen-bond acceptors (Lipinski definition) is 8. The fourth-order valence-corrected chi connectivity index (χ4v) is 5.46. The summed E-state index contributed by atoms with van der Waals surface area (Å²) >= 11 is 0. The van der Waals surface area contributed by atoms with Crippen LogP contribution in [0.4, 0.5) is 0 Å². The molecule has 2 saturated heterocycles. The van der Waals surface area contributed by atoms with Gasteiger partial charge in [0.05, 0.1) is 44.6 Å². The second kappa shape index (κ2) is 14.8. The number of hydrogen-bond donors (Lipinski definition) is 1. The smallest absolute Gasteiger partial charge is 0.295 e. The van der Waals surface area contributed by atoms with Crippen molar-refractivity contribution in [1.82, 2.24) is 9.80 Å². The van der Waals surface area contributed by atoms with Crippen molar-refractivity contribution in [3.63, 3.8) is 0 Å². The number of morpholine rings is 1. The lowest BCUT2D eigenvalue weighted by molar-refractivity contribution is -0.140. The Morgan fingerprint density at radius 3 is 2.37 bits per heavy atom. The van der Waals surface area contributed by atoms with Gasteiger partial charge < -0.3 is 29.0 Å². The number of aryl methyl sites for hydroxylation is 1. The molecule has 2 aliphatic rings. The number of aliphatic hydroxyl groups excluding tert-OH is 1. The number of carbonyl (C=O) groups excluding carboxylic acids is 2. The lowest BCUT2D eigenvalue weighted by Crippen LogP contribution is -2.39. The van der Waals surface area contributed by atoms with Gasteiger partial charge in [0.15, 0.2) is 11.5 Å². The topological polar surface area (TPSA) is 97.8 Å². The highest BCUT2D eigenvalue weighted by Gasteiger charge is 2.46. The Kier molecular flexibility index (Phi) is 11.1. The molecule has 234 valence electrons. The van der Waals surface area contributed by atoms with Crippen molar-refractivity contribution in [2.45, 2.75) is 59.6 Å². The van der Waals surface area contributed by atoms with Gasteiger partial charge in [-0.2, -0.15) is 0 Å². The van der Waals surface area contributed by atoms with Crippen LogP contribution in [0.5, 0.6) is 17.2 Å². The van der Waals surface area contributed by atoms with Gasteiger partial charge in [-0.1, -0.05) is 19.9 Å². The quantitative estimate of drug-likeness (QED) is 0.188. The zero-order chi connectivity index (χ0) is 31.1. The number of likely N-dealkylation sites (tertiary alicyclic amines) is 1. The molecular weight excluding hydrogens is 548 g/mol. The molecule has 2 aromatic carbocycles. The summed E-state index contributed by atoms with van der Waals surface area (Å²) in [5.74, 6) is 0.751. The molecule has 4 rings (SSSR count). The fraction of sp³-hybridized carbons (Fsp3) is 0.529. The molecule has 2 aliphatic heterocycles. The van der Waals surface area contributed by atoms with Crippen molar-refractivity contribution in [3.05, 3.63) is 58.7 Å². The molecule has 1 unspecified atom stereocenters. The van der Waals surface area contributed by atoms with E-state index >= 15 is 0 Å². The van der Waals surface area contributed by atoms with Crippen molar-refractivity contribution in [1.29, 1.82) is 0 Å². The van der Waals surface area contributed by atoms with Gasteiger partial charge in [-0.25, -0.2) is 0 Å². The van der Waals surface area contributed by atoms with E-state index in [2.05, 4.69) is 18.7 Å². The highest BCUT2D eigenvalue weighted by Crippen LogP contribution is 2.42. The molecule has 0 aromatic heterocycles. The van der Waals surface area contributed by atoms with Gasteiger partial charge in [-0.15, -0.1) is 0 Å². The van der Waals surface area contributed by atoms with E-state index in [1.165, 1.54) is 0 Å². The van der Waals surface area contributed by atoms with Crippen LogP contribution in [0.1, 0.15) is 63.3 Å². The van der Waals surface area contributed by atoms with Gasteiger partial charge in [0.25, 0.3) is 11.7 Å². The average Bonchev–Trinajstić information content (AvgIpc) is 3.23. The van der Waals surface area contributed by atoms with Crippen molar-refractivity contribution < 1.29 is 33.6 Å². The maximum Gasteiger partial charge on any atom is 0.295 e. The van der Waals surface area contributed by atoms with Crippen molar-refractivity contribution in [2.24, 2.45) is 5.92 Å². The monoisotopic (exact) mass is 594 g/mol. The van der Waals surface area contributed by atoms with Crippen LogP contribution in [-0.2, 0) is 14.3 Å². The molecule has 1 amide bonds. The first-order valence-corrected chi connectivity index (χ1v) is 15.3. The molecule has 1 atom stereocenters. The van der Waals surface area contributed by atoms with Crippen molar-refractivity contribution >= 4 is 17.4 Å². The lowest BCUT2D eigenvalue weighted by Gasteiger charge is -2.29. The van der Waals surface area contributed by atoms with E-state index < -0.39 is 17.7 Å². The molecule has 0 aliphatic carbocycles. The van der Waals surface area contributed by atoms with E-state index in [1.807, 2.05) is 32.9 Å². The largest absolute Gasteiger partial charge is 0.507 e. The maximum absolute atomic E-state index is 13.6. The predicted octanol–water partition coefficient (Wildman–Crippen LogP) is 5.36. The molecule has 0 radical (unpaired) electrons. The van der Waals surface area contributed by atoms with E-state index in [0.29, 0.717) is 67.1 Å². The SMILES string of the molecule is COc1cc(C2/C(=C(\O)c3ccc(OC(C)C)c(C)c3)C(=O)C(=O)N2CCCN2CCOCC2)ccc1OCCC(C)C. The molecule has 9 nitrogen and oxygen atoms in total. The minimum atomic E-state index is -0.782. The Morgan fingerprint density at radius 2 is 1.72 bits per heavy atom. The van der Waals surface area contributed by atoms with Crippen LogP contribution < -0.4 is 14.2 Å². The molecule has 9 heteroatoms. The van der Waals surface area contributed by atoms with Crippen LogP contribution in [0.2, 0.25) is 0 Å². The van der Waals surface area contributed by atoms with Gasteiger partial charge in [0.1, 0.15) is 11.5 Å². The number of carbonyl (C=O) groups is 2. The number of rotatable bonds is 13. The van der Waals surface area contributed by atoms with Crippen LogP contribution in [0.15, 0.2) is 42.0 Å². The summed E-state index contributed by atoms with van der Waals surface area (Å²) in [7, 11) is 1.57. The van der Waals surface area contributed by atoms with Gasteiger partial charge in [-0.3, -0.25) is 14.5 Å². The average molecular weight is 595 g/mol. The normalized spacial score (nSPS) is 19.0. The molecule has 0 bridgehead atoms. The molecule has 2 fully saturated rings. The van der Waals surface area contributed by atoms with Crippen LogP contribution in [0.25, 0.3) is 5.76 Å². The molecule has 0 saturated carbocycles. The van der Waals surface area contributed by atoms with Crippen LogP contribution in [0, 0.1) is 12.8 Å². The van der Waals surface area contributed by atoms with E-state index in [9.17, 15) is 14.7 Å². The lowest BCUT2D eigenvalue weighted by atomic mass is 9.94. The maximum atomic E-state index is 13.6. The van der Waals surface area contributed by atoms with Crippen LogP contribution in [-0.4, -0.2) is 85.8 Å². The number of aliphatic hydroxyl groups is 1. The summed E-state index contributed by atoms with van der Waals surface area (Å²) < 4.78 is 23.0. The Morgan fingerprint density at radius 1 is 1.00 bits per heavy atom. The van der Waals surface area contributed by atoms with Crippen LogP contribution in [0.3, 0.4) is 0 Å². The second-order valence-electron chi connectivity index (χ2n) is 11.9. The van der Waals surface area contributed by atoms with Gasteiger partial charge in [-0.05, 0) is 81.0 Å². The first-order valence-electron chi connectivity index (χ1n) is 15.3. The van der Waals surface area contributed by atoms with Crippen molar-refractivity contribution in [3.8, 4) is 17.2 Å². The first-order chi connectivity index (χ1) is 20.6. The predicted molar refractivity (Wildman–Crippen MR) is 166 cm³/mol. The molecule has 1 N–H and O–H groups in total. The zero-order valence-corrected chi connectivity index (χ0v) is 26.4. The molecule has 2 aromatic rings. The molecule has 2 heterocycles. The minimum Gasteiger partial charge on any atom is -0.507 e. The number of methoxy groups -OCH3 is 1. The third kappa shape index (κ3) is 7.89. The molecule has 0 spiro atoms. The van der Waals surface area contributed by atoms with E-state index in [-0.39, 0.29) is 17.4 Å². The summed E-state index contributed by atoms with van der Waals surface area (Å²) in [6.07, 6.45) is 1.57. The van der Waals surface area contributed by atoms with E-state index in [4.69, 9.17) is 18.9 Å². The zero-order valence-electron chi connectivity index (χ0n) is 26.4. The first kappa shape index (κ1) is 32.4. The summed E-state index contributed by atoms with van der Waals surface area (Å²) in [4.78, 5) is 31.0. The van der Waals surface area contributed by atoms with E-state index in [1.54, 1.807) is 36.3 Å². The number of benzene rings is 2. The Balaban J connectivity index is 1.71.